The van der Waals surface area contributed by atoms with Gasteiger partial charge in [0.1, 0.15) is 41.1 Å². The molecule has 677 valence electrons. The van der Waals surface area contributed by atoms with Crippen molar-refractivity contribution in [2.24, 2.45) is 0 Å². The number of hydrogen-bond acceptors (Lipinski definition) is 16. The number of halogens is 9. The molecule has 1 radical (unpaired) electrons. The Balaban J connectivity index is 0.000000198. The molecule has 0 aliphatic carbocycles. The molecule has 0 saturated heterocycles. The van der Waals surface area contributed by atoms with Gasteiger partial charge in [0.15, 0.2) is 11.4 Å². The first-order valence-corrected chi connectivity index (χ1v) is 42.5. The SMILES string of the molecule is C.C.COc1cc(P2(=O)Oc3ccccc3-c3ccccc32)c(OC)cc1CBr.COc1cc(P2(=O)Oc3ccccc3-c3ccccc32)c(OC)cc1COc1cccnc1C(=O)O.Fc1c[c-]c(-c2ccccn2)c(F)c1.Fc1c[c-]c(-c2ccccn2)c(F)c1.Fc1c[c-]c(-c2ccccn2)c(F)c1.Fc1c[c-]c(-c2ccccn2)c(F)c1.O=C(O)c1[c-]cccc1.[Ir+3].[Ir]. The summed E-state index contributed by atoms with van der Waals surface area (Å²) in [5.74, 6) is -4.17. The normalized spacial score (nSPS) is 12.8. The molecule has 11 aromatic carbocycles. The van der Waals surface area contributed by atoms with Crippen LogP contribution in [0.4, 0.5) is 35.1 Å². The van der Waals surface area contributed by atoms with Crippen LogP contribution in [-0.4, -0.2) is 75.5 Å². The third-order valence-electron chi connectivity index (χ3n) is 18.6. The molecule has 5 aromatic heterocycles. The number of pyridine rings is 5. The van der Waals surface area contributed by atoms with Crippen LogP contribution in [0.1, 0.15) is 46.8 Å². The molecule has 16 aromatic rings. The van der Waals surface area contributed by atoms with Crippen LogP contribution in [0.3, 0.4) is 0 Å². The van der Waals surface area contributed by atoms with E-state index < -0.39 is 73.2 Å². The van der Waals surface area contributed by atoms with Gasteiger partial charge in [-0.15, -0.1) is 78.9 Å². The molecule has 31 heteroatoms. The van der Waals surface area contributed by atoms with Crippen LogP contribution in [0, 0.1) is 76.9 Å². The second-order valence-electron chi connectivity index (χ2n) is 26.7. The molecule has 2 aliphatic heterocycles. The molecule has 132 heavy (non-hydrogen) atoms. The van der Waals surface area contributed by atoms with Gasteiger partial charge in [-0.25, -0.2) is 9.78 Å². The summed E-state index contributed by atoms with van der Waals surface area (Å²) >= 11 is 3.46. The van der Waals surface area contributed by atoms with Gasteiger partial charge in [0.05, 0.1) is 49.7 Å². The zero-order chi connectivity index (χ0) is 90.9. The Morgan fingerprint density at radius 2 is 0.705 bits per heavy atom. The molecule has 2 aliphatic rings. The maximum absolute atomic E-state index is 14.6. The van der Waals surface area contributed by atoms with E-state index in [1.54, 1.807) is 166 Å². The summed E-state index contributed by atoms with van der Waals surface area (Å²) in [4.78, 5) is 41.3. The number of carboxylic acids is 2. The number of rotatable bonds is 16. The second-order valence-corrected chi connectivity index (χ2v) is 31.7. The Kier molecular flexibility index (Phi) is 38.8. The maximum atomic E-state index is 14.6. The Hall–Kier alpha value is -13.6. The van der Waals surface area contributed by atoms with Gasteiger partial charge < -0.3 is 67.7 Å². The fourth-order valence-electron chi connectivity index (χ4n) is 12.7. The number of benzene rings is 11. The number of carboxylic acid groups (broad SMARTS) is 2. The smallest absolute Gasteiger partial charge is 0.521 e. The molecule has 0 bridgehead atoms. The van der Waals surface area contributed by atoms with Gasteiger partial charge in [-0.3, -0.25) is 44.3 Å². The van der Waals surface area contributed by atoms with E-state index in [9.17, 15) is 58.9 Å². The maximum Gasteiger partial charge on any atom is 3.00 e. The van der Waals surface area contributed by atoms with Crippen LogP contribution in [0.15, 0.2) is 310 Å². The number of hydrogen-bond donors (Lipinski definition) is 2. The average molecular weight is 2250 g/mol. The van der Waals surface area contributed by atoms with E-state index in [-0.39, 0.29) is 101 Å². The van der Waals surface area contributed by atoms with Gasteiger partial charge in [-0.05, 0) is 119 Å². The first-order chi connectivity index (χ1) is 62.0. The summed E-state index contributed by atoms with van der Waals surface area (Å²) in [7, 11) is -0.932. The molecule has 7 heterocycles. The van der Waals surface area contributed by atoms with Crippen LogP contribution in [0.25, 0.3) is 67.3 Å². The van der Waals surface area contributed by atoms with Crippen molar-refractivity contribution in [1.82, 2.24) is 24.9 Å². The van der Waals surface area contributed by atoms with E-state index in [0.717, 1.165) is 76.3 Å². The number of methoxy groups -OCH3 is 4. The predicted octanol–water partition coefficient (Wildman–Crippen LogP) is 23.3. The molecule has 0 fully saturated rings. The summed E-state index contributed by atoms with van der Waals surface area (Å²) in [5.41, 5.74) is 7.56. The molecule has 2 atom stereocenters. The zero-order valence-electron chi connectivity index (χ0n) is 68.4. The first kappa shape index (κ1) is 104. The molecule has 18 rings (SSSR count). The Labute approximate surface area is 792 Å². The minimum Gasteiger partial charge on any atom is -0.521 e. The van der Waals surface area contributed by atoms with Crippen LogP contribution in [0.5, 0.6) is 40.2 Å². The minimum absolute atomic E-state index is 0. The van der Waals surface area contributed by atoms with Crippen LogP contribution >= 0.6 is 30.7 Å². The quantitative estimate of drug-likeness (QED) is 0.0396. The number of nitrogens with zero attached hydrogens (tertiary/aromatic N) is 5. The molecular weight excluding hydrogens is 2170 g/mol. The monoisotopic (exact) mass is 2250 g/mol. The van der Waals surface area contributed by atoms with Crippen molar-refractivity contribution in [3.63, 3.8) is 0 Å². The van der Waals surface area contributed by atoms with E-state index in [4.69, 9.17) is 37.8 Å². The second kappa shape index (κ2) is 49.4. The molecule has 2 N–H and O–H groups in total. The van der Waals surface area contributed by atoms with Crippen molar-refractivity contribution in [2.75, 3.05) is 28.4 Å². The number of fused-ring (bicyclic) bond motifs is 6. The molecule has 18 nitrogen and oxygen atoms in total. The van der Waals surface area contributed by atoms with Crippen LogP contribution < -0.4 is 53.9 Å². The summed E-state index contributed by atoms with van der Waals surface area (Å²) in [6.45, 7) is -0.0314. The van der Waals surface area contributed by atoms with Gasteiger partial charge in [0.2, 0.25) is 5.97 Å². The van der Waals surface area contributed by atoms with Gasteiger partial charge in [0, 0.05) is 125 Å². The van der Waals surface area contributed by atoms with Crippen molar-refractivity contribution in [1.29, 1.82) is 0 Å². The average Bonchev–Trinajstić information content (AvgIpc) is 0.731. The Morgan fingerprint density at radius 1 is 0.371 bits per heavy atom. The van der Waals surface area contributed by atoms with Crippen molar-refractivity contribution in [3.8, 4) is 108 Å². The fourth-order valence-corrected chi connectivity index (χ4v) is 18.0. The van der Waals surface area contributed by atoms with Gasteiger partial charge in [-0.2, -0.15) is 0 Å². The molecule has 0 spiro atoms. The van der Waals surface area contributed by atoms with Crippen LogP contribution in [0.2, 0.25) is 0 Å². The van der Waals surface area contributed by atoms with Crippen molar-refractivity contribution < 1.29 is 137 Å². The topological polar surface area (TPSA) is 238 Å². The van der Waals surface area contributed by atoms with Crippen molar-refractivity contribution in [3.05, 3.63) is 409 Å². The summed E-state index contributed by atoms with van der Waals surface area (Å²) in [6.07, 6.45) is 7.57. The molecule has 0 amide bonds. The van der Waals surface area contributed by atoms with E-state index in [1.807, 2.05) is 91.0 Å². The number of carbonyl (C=O) groups is 2. The van der Waals surface area contributed by atoms with Crippen molar-refractivity contribution >= 4 is 63.8 Å². The summed E-state index contributed by atoms with van der Waals surface area (Å²) < 4.78 is 173. The van der Waals surface area contributed by atoms with E-state index in [2.05, 4.69) is 71.2 Å². The van der Waals surface area contributed by atoms with Gasteiger partial charge in [-0.1, -0.05) is 204 Å². The Morgan fingerprint density at radius 3 is 1.02 bits per heavy atom. The predicted molar refractivity (Wildman–Crippen MR) is 485 cm³/mol. The van der Waals surface area contributed by atoms with Gasteiger partial charge >= 0.3 is 40.8 Å². The van der Waals surface area contributed by atoms with Crippen LogP contribution in [-0.2, 0) is 61.3 Å². The van der Waals surface area contributed by atoms with E-state index >= 15 is 0 Å². The van der Waals surface area contributed by atoms with E-state index in [1.165, 1.54) is 32.5 Å². The summed E-state index contributed by atoms with van der Waals surface area (Å²) in [5, 5.41) is 20.4. The summed E-state index contributed by atoms with van der Waals surface area (Å²) in [6, 6.07) is 87.3. The standard InChI is InChI=1S/C27H22NO7P.C21H18BrO4P.4C11H6F2N.C7H5O2.2CH4.2Ir/c1-32-22-15-25(23(33-2)14-17(22)16-34-21-11-7-13-28-26(21)27(29)30)36(31)24-12-6-4-9-19(24)18-8-3-5-10-20(18)35-36;1-24-18-12-21(19(25-2)11-14(18)13-22)27(23)20-10-6-4-8-16(20)15-7-3-5-9-17(15)26-27;4*12-8-4-5-9(10(13)7-8)11-3-1-2-6-14-11;8-7(9)6-4-2-1-3-5-6;;;;/h3-15H,16H2,1-2H3,(H,29,30);3-12H,13H2,1-2H3;4*1-4,6-7H;1-4H,(H,8,9);2*1H4;;/q;;5*-1;;;;+3. The van der Waals surface area contributed by atoms with Crippen molar-refractivity contribution in [2.45, 2.75) is 26.8 Å². The number of aromatic carboxylic acids is 2. The third-order valence-corrected chi connectivity index (χ3v) is 24.1. The largest absolute Gasteiger partial charge is 3.00 e. The minimum atomic E-state index is -3.63. The number of para-hydroxylation sites is 2. The molecule has 2 unspecified atom stereocenters. The Bertz CT molecular complexity index is 6340. The van der Waals surface area contributed by atoms with E-state index in [0.29, 0.717) is 89.4 Å². The number of alkyl halides is 1. The zero-order valence-corrected chi connectivity index (χ0v) is 76.6. The molecule has 0 saturated carbocycles. The van der Waals surface area contributed by atoms with Gasteiger partial charge in [0.25, 0.3) is 0 Å². The molecular formula is C101H77BrF8Ir2N5O13P2-2. The number of aromatic nitrogens is 5. The number of ether oxygens (including phenoxy) is 5. The first-order valence-electron chi connectivity index (χ1n) is 38.2. The fraction of sp³-hybridized carbons (Fsp3) is 0.0792. The third kappa shape index (κ3) is 25.5.